The van der Waals surface area contributed by atoms with Crippen LogP contribution in [0.25, 0.3) is 44.5 Å². The van der Waals surface area contributed by atoms with Crippen molar-refractivity contribution in [2.75, 3.05) is 18.0 Å². The number of anilines is 1. The molecule has 1 heterocycles. The molecular weight excluding hydrogens is 999 g/mol. The van der Waals surface area contributed by atoms with Crippen molar-refractivity contribution in [1.82, 2.24) is 0 Å². The van der Waals surface area contributed by atoms with Gasteiger partial charge in [-0.25, -0.2) is 13.0 Å². The minimum Gasteiger partial charge on any atom is -1.00 e. The highest BCUT2D eigenvalue weighted by molar-refractivity contribution is 8.14. The van der Waals surface area contributed by atoms with Crippen LogP contribution in [0.3, 0.4) is 0 Å². The van der Waals surface area contributed by atoms with E-state index in [1.165, 1.54) is 210 Å². The maximum atomic E-state index is 11.7. The summed E-state index contributed by atoms with van der Waals surface area (Å²) < 4.78 is 25.6. The Morgan fingerprint density at radius 3 is 1.23 bits per heavy atom. The molecular formula is C62H88ClIN2O2S. The van der Waals surface area contributed by atoms with E-state index < -0.39 is 9.05 Å². The molecule has 1 aromatic heterocycles. The molecule has 378 valence electrons. The molecule has 0 atom stereocenters. The SMILES string of the molecule is CCCCCCCCCCCCCCCCN(CCCCCCCCCCCCCCCC)c1ccc(C=Cc2cc[n+](C)cc2)cc1.O=S(=O)(Cl)c1ccc2ccc3cccc4ccc1c2c34.[I-]. The Morgan fingerprint density at radius 2 is 0.812 bits per heavy atom. The molecule has 5 aromatic carbocycles. The molecule has 0 aliphatic rings. The van der Waals surface area contributed by atoms with E-state index in [0.29, 0.717) is 5.39 Å². The van der Waals surface area contributed by atoms with Gasteiger partial charge in [0.15, 0.2) is 12.4 Å². The molecule has 0 aliphatic carbocycles. The number of halogens is 2. The van der Waals surface area contributed by atoms with Crippen LogP contribution in [0.2, 0.25) is 0 Å². The van der Waals surface area contributed by atoms with Gasteiger partial charge in [0.05, 0.1) is 4.90 Å². The highest BCUT2D eigenvalue weighted by atomic mass is 127. The largest absolute Gasteiger partial charge is 1.00 e. The van der Waals surface area contributed by atoms with Crippen LogP contribution in [-0.2, 0) is 16.1 Å². The van der Waals surface area contributed by atoms with Gasteiger partial charge in [0.2, 0.25) is 0 Å². The lowest BCUT2D eigenvalue weighted by atomic mass is 9.94. The van der Waals surface area contributed by atoms with Crippen molar-refractivity contribution in [2.45, 2.75) is 199 Å². The van der Waals surface area contributed by atoms with Crippen molar-refractivity contribution in [2.24, 2.45) is 7.05 Å². The molecule has 0 saturated heterocycles. The molecule has 0 unspecified atom stereocenters. The van der Waals surface area contributed by atoms with Crippen LogP contribution >= 0.6 is 10.7 Å². The molecule has 0 radical (unpaired) electrons. The second-order valence-electron chi connectivity index (χ2n) is 19.8. The molecule has 0 aliphatic heterocycles. The fraction of sp³-hybridized carbons (Fsp3) is 0.532. The second-order valence-corrected chi connectivity index (χ2v) is 22.3. The van der Waals surface area contributed by atoms with Crippen LogP contribution in [-0.4, -0.2) is 21.5 Å². The molecule has 69 heavy (non-hydrogen) atoms. The lowest BCUT2D eigenvalue weighted by Crippen LogP contribution is -3.00. The van der Waals surface area contributed by atoms with E-state index in [1.807, 2.05) is 42.5 Å². The van der Waals surface area contributed by atoms with Crippen molar-refractivity contribution in [3.05, 3.63) is 115 Å². The molecule has 6 rings (SSSR count). The Morgan fingerprint density at radius 1 is 0.449 bits per heavy atom. The number of benzene rings is 5. The van der Waals surface area contributed by atoms with Gasteiger partial charge in [-0.05, 0) is 69.1 Å². The maximum absolute atomic E-state index is 11.7. The first-order chi connectivity index (χ1) is 33.3. The van der Waals surface area contributed by atoms with Gasteiger partial charge < -0.3 is 28.9 Å². The summed E-state index contributed by atoms with van der Waals surface area (Å²) in [6.45, 7) is 7.02. The fourth-order valence-corrected chi connectivity index (χ4v) is 11.0. The summed E-state index contributed by atoms with van der Waals surface area (Å²) in [5, 5.41) is 5.96. The molecule has 0 saturated carbocycles. The first-order valence-electron chi connectivity index (χ1n) is 27.4. The van der Waals surface area contributed by atoms with E-state index in [4.69, 9.17) is 10.7 Å². The van der Waals surface area contributed by atoms with E-state index in [0.717, 1.165) is 26.9 Å². The van der Waals surface area contributed by atoms with Crippen molar-refractivity contribution in [1.29, 1.82) is 0 Å². The van der Waals surface area contributed by atoms with Gasteiger partial charge in [0.25, 0.3) is 9.05 Å². The van der Waals surface area contributed by atoms with Gasteiger partial charge in [0.1, 0.15) is 7.05 Å². The number of pyridine rings is 1. The summed E-state index contributed by atoms with van der Waals surface area (Å²) in [7, 11) is 3.86. The van der Waals surface area contributed by atoms with Gasteiger partial charge in [-0.1, -0.05) is 254 Å². The molecule has 0 amide bonds. The summed E-state index contributed by atoms with van der Waals surface area (Å²) in [6, 6.07) is 30.9. The first-order valence-corrected chi connectivity index (χ1v) is 29.7. The standard InChI is InChI=1S/C46H79N2.C16H9ClO2S.HI/c1-4-6-8-10-12-14-16-18-20-22-24-26-28-30-40-48(41-31-29-27-25-23-21-19-17-15-13-11-9-7-5-2)46-36-34-44(35-37-46)32-33-45-38-42-47(3)43-39-45;17-20(18,19)14-9-7-12-5-4-10-2-1-3-11-6-8-13(14)16(12)15(10)11;/h32-39,42-43H,4-31,40-41H2,1-3H3;1-9H;1H/q+1;;/p-1. The Kier molecular flexibility index (Phi) is 28.9. The first kappa shape index (κ1) is 58.4. The Hall–Kier alpha value is -3.20. The average molecular weight is 1090 g/mol. The number of rotatable bonds is 34. The molecule has 4 nitrogen and oxygen atoms in total. The van der Waals surface area contributed by atoms with Crippen molar-refractivity contribution in [3.8, 4) is 0 Å². The molecule has 7 heteroatoms. The monoisotopic (exact) mass is 1090 g/mol. The summed E-state index contributed by atoms with van der Waals surface area (Å²) in [6.07, 6.45) is 48.6. The quantitative estimate of drug-likeness (QED) is 0.0133. The minimum atomic E-state index is -3.76. The Labute approximate surface area is 441 Å². The predicted octanol–water partition coefficient (Wildman–Crippen LogP) is 16.0. The van der Waals surface area contributed by atoms with Gasteiger partial charge in [-0.15, -0.1) is 0 Å². The summed E-state index contributed by atoms with van der Waals surface area (Å²) in [4.78, 5) is 2.86. The maximum Gasteiger partial charge on any atom is 0.261 e. The van der Waals surface area contributed by atoms with Crippen LogP contribution in [0.15, 0.2) is 108 Å². The van der Waals surface area contributed by atoms with Gasteiger partial charge in [-0.2, -0.15) is 0 Å². The summed E-state index contributed by atoms with van der Waals surface area (Å²) >= 11 is 0. The number of nitrogens with zero attached hydrogens (tertiary/aromatic N) is 2. The summed E-state index contributed by atoms with van der Waals surface area (Å²) in [5.74, 6) is 0. The lowest BCUT2D eigenvalue weighted by molar-refractivity contribution is -0.671. The van der Waals surface area contributed by atoms with E-state index in [2.05, 4.69) is 97.4 Å². The third-order valence-electron chi connectivity index (χ3n) is 14.0. The fourth-order valence-electron chi connectivity index (χ4n) is 9.90. The van der Waals surface area contributed by atoms with Gasteiger partial charge in [-0.3, -0.25) is 0 Å². The smallest absolute Gasteiger partial charge is 0.261 e. The van der Waals surface area contributed by atoms with Crippen molar-refractivity contribution in [3.63, 3.8) is 0 Å². The number of hydrogen-bond acceptors (Lipinski definition) is 3. The highest BCUT2D eigenvalue weighted by Crippen LogP contribution is 2.38. The van der Waals surface area contributed by atoms with Crippen LogP contribution in [0.1, 0.15) is 205 Å². The Bertz CT molecular complexity index is 2350. The van der Waals surface area contributed by atoms with Gasteiger partial charge >= 0.3 is 0 Å². The normalized spacial score (nSPS) is 11.7. The van der Waals surface area contributed by atoms with E-state index in [-0.39, 0.29) is 28.9 Å². The van der Waals surface area contributed by atoms with Gasteiger partial charge in [0, 0.05) is 47.0 Å². The number of aromatic nitrogens is 1. The third kappa shape index (κ3) is 21.6. The van der Waals surface area contributed by atoms with E-state index >= 15 is 0 Å². The number of hydrogen-bond donors (Lipinski definition) is 0. The zero-order chi connectivity index (χ0) is 48.1. The third-order valence-corrected chi connectivity index (χ3v) is 15.4. The topological polar surface area (TPSA) is 41.3 Å². The number of aryl methyl sites for hydroxylation is 1. The summed E-state index contributed by atoms with van der Waals surface area (Å²) in [5.41, 5.74) is 3.93. The van der Waals surface area contributed by atoms with Crippen molar-refractivity contribution >= 4 is 69.9 Å². The molecule has 0 N–H and O–H groups in total. The zero-order valence-electron chi connectivity index (χ0n) is 43.1. The van der Waals surface area contributed by atoms with Crippen LogP contribution in [0, 0.1) is 0 Å². The molecule has 6 aromatic rings. The number of unbranched alkanes of at least 4 members (excludes halogenated alkanes) is 26. The van der Waals surface area contributed by atoms with Crippen molar-refractivity contribution < 1.29 is 37.0 Å². The zero-order valence-corrected chi connectivity index (χ0v) is 46.8. The molecule has 0 bridgehead atoms. The lowest BCUT2D eigenvalue weighted by Gasteiger charge is -2.25. The second kappa shape index (κ2) is 34.2. The van der Waals surface area contributed by atoms with Crippen LogP contribution < -0.4 is 33.4 Å². The van der Waals surface area contributed by atoms with E-state index in [9.17, 15) is 8.42 Å². The van der Waals surface area contributed by atoms with E-state index in [1.54, 1.807) is 6.07 Å². The minimum absolute atomic E-state index is 0. The van der Waals surface area contributed by atoms with Crippen LogP contribution in [0.5, 0.6) is 0 Å². The Balaban J connectivity index is 0.000000404. The highest BCUT2D eigenvalue weighted by Gasteiger charge is 2.17. The molecule has 0 spiro atoms. The van der Waals surface area contributed by atoms with Crippen LogP contribution in [0.4, 0.5) is 5.69 Å². The molecule has 0 fully saturated rings. The predicted molar refractivity (Wildman–Crippen MR) is 299 cm³/mol. The average Bonchev–Trinajstić information content (AvgIpc) is 3.35.